The van der Waals surface area contributed by atoms with Gasteiger partial charge in [0.05, 0.1) is 0 Å². The maximum atomic E-state index is 12.4. The second-order valence-corrected chi connectivity index (χ2v) is 6.87. The Hall–Kier alpha value is -1.14. The molecule has 1 aliphatic rings. The molecule has 2 rings (SSSR count). The molecule has 0 saturated carbocycles. The minimum atomic E-state index is -0.208. The fourth-order valence-corrected chi connectivity index (χ4v) is 3.28. The molecule has 2 amide bonds. The summed E-state index contributed by atoms with van der Waals surface area (Å²) in [7, 11) is 0. The summed E-state index contributed by atoms with van der Waals surface area (Å²) in [4.78, 5) is 27.4. The first-order valence-corrected chi connectivity index (χ1v) is 8.70. The third-order valence-corrected chi connectivity index (χ3v) is 5.65. The third kappa shape index (κ3) is 3.79. The zero-order valence-electron chi connectivity index (χ0n) is 12.4. The van der Waals surface area contributed by atoms with Crippen LogP contribution in [0.4, 0.5) is 0 Å². The normalized spacial score (nSPS) is 13.5. The Kier molecular flexibility index (Phi) is 5.81. The maximum absolute atomic E-state index is 12.4. The van der Waals surface area contributed by atoms with Crippen LogP contribution in [0, 0.1) is 0 Å². The van der Waals surface area contributed by atoms with Crippen molar-refractivity contribution in [2.75, 3.05) is 19.6 Å². The Morgan fingerprint density at radius 3 is 2.55 bits per heavy atom. The maximum Gasteiger partial charge on any atom is 0.246 e. The monoisotopic (exact) mass is 428 g/mol. The van der Waals surface area contributed by atoms with E-state index >= 15 is 0 Å². The van der Waals surface area contributed by atoms with Gasteiger partial charge in [0.15, 0.2) is 0 Å². The Balaban J connectivity index is 2.08. The third-order valence-electron chi connectivity index (χ3n) is 3.80. The smallest absolute Gasteiger partial charge is 0.246 e. The van der Waals surface area contributed by atoms with Gasteiger partial charge in [-0.3, -0.25) is 9.59 Å². The van der Waals surface area contributed by atoms with Crippen LogP contribution >= 0.6 is 31.9 Å². The molecular formula is C16H18Br2N2O2. The number of hydrogen-bond acceptors (Lipinski definition) is 2. The van der Waals surface area contributed by atoms with E-state index in [9.17, 15) is 9.59 Å². The van der Waals surface area contributed by atoms with E-state index < -0.39 is 0 Å². The van der Waals surface area contributed by atoms with Gasteiger partial charge in [0.2, 0.25) is 11.8 Å². The van der Waals surface area contributed by atoms with Gasteiger partial charge in [-0.15, -0.1) is 0 Å². The second kappa shape index (κ2) is 7.42. The Labute approximate surface area is 147 Å². The summed E-state index contributed by atoms with van der Waals surface area (Å²) < 4.78 is 2.01. The van der Waals surface area contributed by atoms with E-state index in [2.05, 4.69) is 44.5 Å². The minimum Gasteiger partial charge on any atom is -0.336 e. The van der Waals surface area contributed by atoms with Gasteiger partial charge >= 0.3 is 0 Å². The van der Waals surface area contributed by atoms with E-state index in [-0.39, 0.29) is 18.4 Å². The van der Waals surface area contributed by atoms with Crippen LogP contribution in [-0.4, -0.2) is 41.2 Å². The molecule has 22 heavy (non-hydrogen) atoms. The molecule has 0 unspecified atom stereocenters. The van der Waals surface area contributed by atoms with Gasteiger partial charge in [-0.25, -0.2) is 0 Å². The van der Waals surface area contributed by atoms with Crippen LogP contribution in [0.1, 0.15) is 18.1 Å². The highest BCUT2D eigenvalue weighted by Crippen LogP contribution is 2.30. The number of carbonyl (C=O) groups is 2. The zero-order chi connectivity index (χ0) is 16.3. The first kappa shape index (κ1) is 17.2. The van der Waals surface area contributed by atoms with E-state index in [1.54, 1.807) is 0 Å². The highest BCUT2D eigenvalue weighted by atomic mass is 79.9. The summed E-state index contributed by atoms with van der Waals surface area (Å²) in [6.07, 6.45) is 2.07. The Morgan fingerprint density at radius 1 is 1.32 bits per heavy atom. The average molecular weight is 430 g/mol. The summed E-state index contributed by atoms with van der Waals surface area (Å²) in [6.45, 7) is 7.20. The van der Waals surface area contributed by atoms with Crippen molar-refractivity contribution in [2.45, 2.75) is 19.9 Å². The van der Waals surface area contributed by atoms with Gasteiger partial charge in [-0.05, 0) is 74.5 Å². The van der Waals surface area contributed by atoms with Crippen molar-refractivity contribution in [1.82, 2.24) is 9.80 Å². The van der Waals surface area contributed by atoms with Gasteiger partial charge in [-0.1, -0.05) is 6.58 Å². The summed E-state index contributed by atoms with van der Waals surface area (Å²) >= 11 is 7.00. The standard InChI is InChI=1S/C16H18Br2N2O2/c1-3-15(21)19(4-2)10-16(22)20-6-5-11-7-13(17)14(18)8-12(11)9-20/h3,7-8H,1,4-6,9-10H2,2H3. The van der Waals surface area contributed by atoms with Crippen molar-refractivity contribution in [3.8, 4) is 0 Å². The summed E-state index contributed by atoms with van der Waals surface area (Å²) in [5.74, 6) is -0.235. The van der Waals surface area contributed by atoms with Gasteiger partial charge in [0.25, 0.3) is 0 Å². The SMILES string of the molecule is C=CC(=O)N(CC)CC(=O)N1CCc2cc(Br)c(Br)cc2C1. The van der Waals surface area contributed by atoms with Gasteiger partial charge < -0.3 is 9.80 Å². The lowest BCUT2D eigenvalue weighted by atomic mass is 10.00. The van der Waals surface area contributed by atoms with Gasteiger partial charge in [0, 0.05) is 28.6 Å². The van der Waals surface area contributed by atoms with E-state index in [0.717, 1.165) is 20.9 Å². The molecule has 0 aliphatic carbocycles. The molecule has 0 fully saturated rings. The van der Waals surface area contributed by atoms with Crippen molar-refractivity contribution >= 4 is 43.7 Å². The van der Waals surface area contributed by atoms with Crippen LogP contribution in [0.15, 0.2) is 33.7 Å². The number of carbonyl (C=O) groups excluding carboxylic acids is 2. The van der Waals surface area contributed by atoms with E-state index in [0.29, 0.717) is 19.6 Å². The highest BCUT2D eigenvalue weighted by Gasteiger charge is 2.23. The Morgan fingerprint density at radius 2 is 1.95 bits per heavy atom. The fraction of sp³-hybridized carbons (Fsp3) is 0.375. The summed E-state index contributed by atoms with van der Waals surface area (Å²) in [6, 6.07) is 4.14. The van der Waals surface area contributed by atoms with E-state index in [4.69, 9.17) is 0 Å². The van der Waals surface area contributed by atoms with Crippen LogP contribution < -0.4 is 0 Å². The Bertz CT molecular complexity index is 616. The molecule has 0 radical (unpaired) electrons. The van der Waals surface area contributed by atoms with Gasteiger partial charge in [-0.2, -0.15) is 0 Å². The number of hydrogen-bond donors (Lipinski definition) is 0. The van der Waals surface area contributed by atoms with Crippen LogP contribution in [0.3, 0.4) is 0 Å². The van der Waals surface area contributed by atoms with Crippen LogP contribution in [0.25, 0.3) is 0 Å². The lowest BCUT2D eigenvalue weighted by Crippen LogP contribution is -2.44. The van der Waals surface area contributed by atoms with Crippen molar-refractivity contribution in [1.29, 1.82) is 0 Å². The molecule has 1 aliphatic heterocycles. The predicted octanol–water partition coefficient (Wildman–Crippen LogP) is 3.13. The quantitative estimate of drug-likeness (QED) is 0.690. The molecule has 0 N–H and O–H groups in total. The first-order valence-electron chi connectivity index (χ1n) is 7.12. The van der Waals surface area contributed by atoms with Crippen molar-refractivity contribution in [2.24, 2.45) is 0 Å². The predicted molar refractivity (Wildman–Crippen MR) is 93.4 cm³/mol. The number of fused-ring (bicyclic) bond motifs is 1. The molecule has 0 saturated heterocycles. The topological polar surface area (TPSA) is 40.6 Å². The molecule has 1 aromatic rings. The summed E-state index contributed by atoms with van der Waals surface area (Å²) in [5.41, 5.74) is 2.40. The number of halogens is 2. The minimum absolute atomic E-state index is 0.0262. The molecule has 0 spiro atoms. The molecule has 6 heteroatoms. The molecule has 0 bridgehead atoms. The molecular weight excluding hydrogens is 412 g/mol. The fourth-order valence-electron chi connectivity index (χ4n) is 2.50. The lowest BCUT2D eigenvalue weighted by molar-refractivity contribution is -0.138. The van der Waals surface area contributed by atoms with E-state index in [1.807, 2.05) is 17.9 Å². The van der Waals surface area contributed by atoms with Crippen LogP contribution in [-0.2, 0) is 22.6 Å². The molecule has 4 nitrogen and oxygen atoms in total. The van der Waals surface area contributed by atoms with E-state index in [1.165, 1.54) is 16.5 Å². The number of benzene rings is 1. The van der Waals surface area contributed by atoms with Crippen molar-refractivity contribution < 1.29 is 9.59 Å². The molecule has 0 aromatic heterocycles. The second-order valence-electron chi connectivity index (χ2n) is 5.16. The average Bonchev–Trinajstić information content (AvgIpc) is 2.52. The molecule has 1 aromatic carbocycles. The number of amides is 2. The zero-order valence-corrected chi connectivity index (χ0v) is 15.6. The first-order chi connectivity index (χ1) is 10.5. The molecule has 1 heterocycles. The number of likely N-dealkylation sites (N-methyl/N-ethyl adjacent to an activating group) is 1. The molecule has 0 atom stereocenters. The molecule has 118 valence electrons. The summed E-state index contributed by atoms with van der Waals surface area (Å²) in [5, 5.41) is 0. The number of rotatable bonds is 4. The largest absolute Gasteiger partial charge is 0.336 e. The van der Waals surface area contributed by atoms with Crippen molar-refractivity contribution in [3.63, 3.8) is 0 Å². The highest BCUT2D eigenvalue weighted by molar-refractivity contribution is 9.13. The number of nitrogens with zero attached hydrogens (tertiary/aromatic N) is 2. The van der Waals surface area contributed by atoms with Gasteiger partial charge in [0.1, 0.15) is 6.54 Å². The van der Waals surface area contributed by atoms with Crippen LogP contribution in [0.2, 0.25) is 0 Å². The lowest BCUT2D eigenvalue weighted by Gasteiger charge is -2.31. The van der Waals surface area contributed by atoms with Crippen molar-refractivity contribution in [3.05, 3.63) is 44.9 Å². The van der Waals surface area contributed by atoms with Crippen LogP contribution in [0.5, 0.6) is 0 Å².